The summed E-state index contributed by atoms with van der Waals surface area (Å²) in [5.74, 6) is 0. The Kier molecular flexibility index (Phi) is 5.32. The summed E-state index contributed by atoms with van der Waals surface area (Å²) in [6, 6.07) is 8.46. The molecule has 0 atom stereocenters. The molecule has 0 aliphatic carbocycles. The lowest BCUT2D eigenvalue weighted by Gasteiger charge is -2.05. The van der Waals surface area contributed by atoms with Gasteiger partial charge in [-0.25, -0.2) is 0 Å². The molecule has 0 saturated carbocycles. The van der Waals surface area contributed by atoms with Gasteiger partial charge in [0, 0.05) is 17.6 Å². The first-order valence-electron chi connectivity index (χ1n) is 6.22. The van der Waals surface area contributed by atoms with Crippen molar-refractivity contribution >= 4 is 22.4 Å². The third-order valence-corrected chi connectivity index (χ3v) is 3.56. The van der Waals surface area contributed by atoms with Crippen LogP contribution in [0.2, 0.25) is 0 Å². The van der Waals surface area contributed by atoms with Crippen molar-refractivity contribution in [3.63, 3.8) is 0 Å². The highest BCUT2D eigenvalue weighted by Crippen LogP contribution is 2.29. The summed E-state index contributed by atoms with van der Waals surface area (Å²) in [7, 11) is 1.93. The summed E-state index contributed by atoms with van der Waals surface area (Å²) >= 11 is 1.73. The molecule has 1 aromatic rings. The van der Waals surface area contributed by atoms with Gasteiger partial charge in [0.2, 0.25) is 0 Å². The van der Waals surface area contributed by atoms with Crippen LogP contribution in [0.15, 0.2) is 78.3 Å². The van der Waals surface area contributed by atoms with Crippen LogP contribution < -0.4 is 5.32 Å². The second-order valence-corrected chi connectivity index (χ2v) is 4.91. The maximum Gasteiger partial charge on any atom is 0.0337 e. The third-order valence-electron chi connectivity index (χ3n) is 2.65. The smallest absolute Gasteiger partial charge is 0.0337 e. The highest BCUT2D eigenvalue weighted by atomic mass is 32.2. The molecule has 19 heavy (non-hydrogen) atoms. The zero-order valence-electron chi connectivity index (χ0n) is 10.9. The van der Waals surface area contributed by atoms with Crippen molar-refractivity contribution < 1.29 is 0 Å². The maximum atomic E-state index is 3.13. The Labute approximate surface area is 119 Å². The van der Waals surface area contributed by atoms with Crippen LogP contribution in [0.3, 0.4) is 0 Å². The normalized spacial score (nSPS) is 24.4. The van der Waals surface area contributed by atoms with Gasteiger partial charge in [0.15, 0.2) is 0 Å². The molecule has 2 heteroatoms. The molecule has 96 valence electrons. The van der Waals surface area contributed by atoms with Gasteiger partial charge in [0.05, 0.1) is 0 Å². The van der Waals surface area contributed by atoms with E-state index in [0.717, 1.165) is 5.69 Å². The SMILES string of the molecule is CNc1ccc(/C2=C/C=C/C=C/C=C\C=C/S2)cc1. The van der Waals surface area contributed by atoms with Crippen LogP contribution in [0.1, 0.15) is 5.56 Å². The molecule has 0 amide bonds. The number of nitrogens with one attached hydrogen (secondary N) is 1. The summed E-state index contributed by atoms with van der Waals surface area (Å²) < 4.78 is 0. The van der Waals surface area contributed by atoms with Gasteiger partial charge in [0.25, 0.3) is 0 Å². The minimum Gasteiger partial charge on any atom is -0.388 e. The van der Waals surface area contributed by atoms with Crippen LogP contribution in [0.25, 0.3) is 4.91 Å². The molecule has 1 heterocycles. The molecule has 1 aliphatic rings. The van der Waals surface area contributed by atoms with Crippen molar-refractivity contribution in [2.45, 2.75) is 0 Å². The average Bonchev–Trinajstić information content (AvgIpc) is 2.52. The van der Waals surface area contributed by atoms with Crippen molar-refractivity contribution in [1.29, 1.82) is 0 Å². The molecule has 1 aromatic carbocycles. The van der Waals surface area contributed by atoms with Crippen LogP contribution >= 0.6 is 11.8 Å². The fourth-order valence-corrected chi connectivity index (χ4v) is 2.37. The lowest BCUT2D eigenvalue weighted by atomic mass is 10.2. The van der Waals surface area contributed by atoms with E-state index in [0.29, 0.717) is 0 Å². The summed E-state index contributed by atoms with van der Waals surface area (Å²) in [6.45, 7) is 0. The molecule has 1 nitrogen and oxygen atoms in total. The Hall–Kier alpha value is -1.93. The Bertz CT molecular complexity index is 545. The van der Waals surface area contributed by atoms with E-state index in [1.165, 1.54) is 10.5 Å². The van der Waals surface area contributed by atoms with Crippen molar-refractivity contribution in [2.75, 3.05) is 12.4 Å². The summed E-state index contributed by atoms with van der Waals surface area (Å²) in [5.41, 5.74) is 2.36. The van der Waals surface area contributed by atoms with Crippen LogP contribution in [0.5, 0.6) is 0 Å². The van der Waals surface area contributed by atoms with Crippen LogP contribution in [0.4, 0.5) is 5.69 Å². The van der Waals surface area contributed by atoms with E-state index >= 15 is 0 Å². The first kappa shape index (κ1) is 13.5. The molecule has 1 N–H and O–H groups in total. The van der Waals surface area contributed by atoms with Crippen molar-refractivity contribution in [3.8, 4) is 0 Å². The van der Waals surface area contributed by atoms with Gasteiger partial charge in [-0.1, -0.05) is 66.4 Å². The van der Waals surface area contributed by atoms with Crippen LogP contribution in [-0.4, -0.2) is 7.05 Å². The molecule has 1 aliphatic heterocycles. The van der Waals surface area contributed by atoms with Gasteiger partial charge in [-0.2, -0.15) is 0 Å². The number of thioether (sulfide) groups is 1. The monoisotopic (exact) mass is 267 g/mol. The highest BCUT2D eigenvalue weighted by molar-refractivity contribution is 8.10. The molecule has 0 fully saturated rings. The number of benzene rings is 1. The van der Waals surface area contributed by atoms with Crippen molar-refractivity contribution in [1.82, 2.24) is 0 Å². The minimum absolute atomic E-state index is 1.13. The Morgan fingerprint density at radius 1 is 0.789 bits per heavy atom. The number of rotatable bonds is 2. The molecule has 0 saturated heterocycles. The molecule has 0 bridgehead atoms. The standard InChI is InChI=1S/C17H17NS/c1-18-16-12-10-15(11-13-16)17-9-7-5-3-2-4-6-8-14-19-17/h2-14,18H,1H3/b3-2+,6-4-,7-5+,14-8-,17-9-. The van der Waals surface area contributed by atoms with Crippen molar-refractivity contribution in [3.05, 3.63) is 83.8 Å². The fraction of sp³-hybridized carbons (Fsp3) is 0.0588. The second kappa shape index (κ2) is 7.49. The van der Waals surface area contributed by atoms with Gasteiger partial charge in [-0.15, -0.1) is 0 Å². The largest absolute Gasteiger partial charge is 0.388 e. The molecule has 0 aromatic heterocycles. The van der Waals surface area contributed by atoms with Crippen LogP contribution in [0, 0.1) is 0 Å². The molecule has 0 spiro atoms. The van der Waals surface area contributed by atoms with Crippen molar-refractivity contribution in [2.24, 2.45) is 0 Å². The Balaban J connectivity index is 2.25. The zero-order valence-corrected chi connectivity index (χ0v) is 11.7. The van der Waals surface area contributed by atoms with Gasteiger partial charge in [-0.05, 0) is 29.2 Å². The topological polar surface area (TPSA) is 12.0 Å². The van der Waals surface area contributed by atoms with E-state index in [9.17, 15) is 0 Å². The number of hydrogen-bond acceptors (Lipinski definition) is 2. The lowest BCUT2D eigenvalue weighted by molar-refractivity contribution is 1.50. The highest BCUT2D eigenvalue weighted by Gasteiger charge is 2.00. The molecule has 2 rings (SSSR count). The van der Waals surface area contributed by atoms with Gasteiger partial charge >= 0.3 is 0 Å². The maximum absolute atomic E-state index is 3.13. The molecule has 0 unspecified atom stereocenters. The summed E-state index contributed by atoms with van der Waals surface area (Å²) in [5, 5.41) is 5.23. The van der Waals surface area contributed by atoms with Gasteiger partial charge in [0.1, 0.15) is 0 Å². The molecule has 0 radical (unpaired) electrons. The Morgan fingerprint density at radius 2 is 1.42 bits per heavy atom. The van der Waals surface area contributed by atoms with Gasteiger partial charge < -0.3 is 5.32 Å². The van der Waals surface area contributed by atoms with E-state index in [-0.39, 0.29) is 0 Å². The summed E-state index contributed by atoms with van der Waals surface area (Å²) in [4.78, 5) is 1.24. The van der Waals surface area contributed by atoms with Crippen LogP contribution in [-0.2, 0) is 0 Å². The van der Waals surface area contributed by atoms with E-state index in [4.69, 9.17) is 0 Å². The molecular formula is C17H17NS. The van der Waals surface area contributed by atoms with Gasteiger partial charge in [-0.3, -0.25) is 0 Å². The minimum atomic E-state index is 1.13. The van der Waals surface area contributed by atoms with E-state index < -0.39 is 0 Å². The second-order valence-electron chi connectivity index (χ2n) is 3.96. The quantitative estimate of drug-likeness (QED) is 0.809. The lowest BCUT2D eigenvalue weighted by Crippen LogP contribution is -1.87. The number of allylic oxidation sites excluding steroid dienone is 8. The average molecular weight is 267 g/mol. The van der Waals surface area contributed by atoms with E-state index in [1.54, 1.807) is 11.8 Å². The predicted octanol–water partition coefficient (Wildman–Crippen LogP) is 5.00. The predicted molar refractivity (Wildman–Crippen MR) is 88.1 cm³/mol. The molecular weight excluding hydrogens is 250 g/mol. The number of anilines is 1. The fourth-order valence-electron chi connectivity index (χ4n) is 1.63. The third kappa shape index (κ3) is 4.34. The summed E-state index contributed by atoms with van der Waals surface area (Å²) in [6.07, 6.45) is 16.4. The van der Waals surface area contributed by atoms with E-state index in [2.05, 4.69) is 53.2 Å². The first-order chi connectivity index (χ1) is 9.40. The number of hydrogen-bond donors (Lipinski definition) is 1. The zero-order chi connectivity index (χ0) is 13.3. The first-order valence-corrected chi connectivity index (χ1v) is 7.10. The van der Waals surface area contributed by atoms with E-state index in [1.807, 2.05) is 37.4 Å². The Morgan fingerprint density at radius 3 is 2.11 bits per heavy atom.